The molecule has 0 atom stereocenters. The summed E-state index contributed by atoms with van der Waals surface area (Å²) in [4.78, 5) is 7.10. The molecule has 0 amide bonds. The van der Waals surface area contributed by atoms with Gasteiger partial charge in [0.15, 0.2) is 15.8 Å². The lowest BCUT2D eigenvalue weighted by Gasteiger charge is -2.27. The monoisotopic (exact) mass is 572 g/mol. The zero-order valence-corrected chi connectivity index (χ0v) is 22.1. The van der Waals surface area contributed by atoms with Crippen molar-refractivity contribution in [1.29, 1.82) is 0 Å². The molecule has 7 nitrogen and oxygen atoms in total. The average molecular weight is 573 g/mol. The van der Waals surface area contributed by atoms with Gasteiger partial charge in [-0.05, 0) is 35.2 Å². The van der Waals surface area contributed by atoms with Crippen molar-refractivity contribution in [2.24, 2.45) is 4.99 Å². The van der Waals surface area contributed by atoms with E-state index in [1.165, 1.54) is 17.4 Å². The first-order valence-electron chi connectivity index (χ1n) is 10.5. The van der Waals surface area contributed by atoms with E-state index in [0.717, 1.165) is 44.0 Å². The average Bonchev–Trinajstić information content (AvgIpc) is 2.75. The standard InChI is InChI=1S/C23H32N4O3S.HI/c1-18-14-19(8-9-22(18)31(3,28)29)15-25-23(24-2)26-16-20-6-4-5-7-21(20)17-27-10-12-30-13-11-27;/h4-9,14H,10-13,15-17H2,1-3H3,(H2,24,25,26);1H. The molecule has 2 aromatic carbocycles. The number of guanidine groups is 1. The minimum Gasteiger partial charge on any atom is -0.379 e. The van der Waals surface area contributed by atoms with E-state index >= 15 is 0 Å². The zero-order chi connectivity index (χ0) is 22.3. The molecule has 32 heavy (non-hydrogen) atoms. The van der Waals surface area contributed by atoms with Crippen molar-refractivity contribution in [2.75, 3.05) is 39.6 Å². The maximum Gasteiger partial charge on any atom is 0.191 e. The predicted molar refractivity (Wildman–Crippen MR) is 139 cm³/mol. The molecular formula is C23H33IN4O3S. The van der Waals surface area contributed by atoms with E-state index in [1.807, 2.05) is 19.1 Å². The van der Waals surface area contributed by atoms with Crippen molar-refractivity contribution in [1.82, 2.24) is 15.5 Å². The summed E-state index contributed by atoms with van der Waals surface area (Å²) in [6.45, 7) is 7.47. The van der Waals surface area contributed by atoms with Gasteiger partial charge in [-0.2, -0.15) is 0 Å². The molecule has 3 rings (SSSR count). The first-order chi connectivity index (χ1) is 14.9. The molecule has 0 bridgehead atoms. The number of morpholine rings is 1. The van der Waals surface area contributed by atoms with Gasteiger partial charge >= 0.3 is 0 Å². The van der Waals surface area contributed by atoms with E-state index in [-0.39, 0.29) is 24.0 Å². The van der Waals surface area contributed by atoms with E-state index in [1.54, 1.807) is 13.1 Å². The molecular weight excluding hydrogens is 539 g/mol. The van der Waals surface area contributed by atoms with Crippen LogP contribution in [0.1, 0.15) is 22.3 Å². The molecule has 1 heterocycles. The molecule has 9 heteroatoms. The third kappa shape index (κ3) is 7.72. The molecule has 1 aliphatic rings. The second kappa shape index (κ2) is 12.5. The van der Waals surface area contributed by atoms with Gasteiger partial charge in [-0.1, -0.05) is 36.4 Å². The second-order valence-electron chi connectivity index (χ2n) is 7.81. The molecule has 0 radical (unpaired) electrons. The van der Waals surface area contributed by atoms with Gasteiger partial charge in [0.25, 0.3) is 0 Å². The molecule has 2 aromatic rings. The molecule has 2 N–H and O–H groups in total. The first-order valence-corrected chi connectivity index (χ1v) is 12.4. The minimum atomic E-state index is -3.21. The number of aliphatic imine (C=N–C) groups is 1. The van der Waals surface area contributed by atoms with Crippen molar-refractivity contribution in [3.8, 4) is 0 Å². The van der Waals surface area contributed by atoms with Crippen LogP contribution in [-0.2, 0) is 34.2 Å². The Balaban J connectivity index is 0.00000363. The third-order valence-electron chi connectivity index (χ3n) is 5.38. The normalized spacial score (nSPS) is 15.2. The Kier molecular flexibility index (Phi) is 10.4. The summed E-state index contributed by atoms with van der Waals surface area (Å²) in [6.07, 6.45) is 1.23. The van der Waals surface area contributed by atoms with Gasteiger partial charge < -0.3 is 15.4 Å². The molecule has 0 aromatic heterocycles. The number of ether oxygens (including phenoxy) is 1. The molecule has 1 aliphatic heterocycles. The van der Waals surface area contributed by atoms with Crippen LogP contribution in [0.4, 0.5) is 0 Å². The largest absolute Gasteiger partial charge is 0.379 e. The van der Waals surface area contributed by atoms with Crippen LogP contribution in [0.25, 0.3) is 0 Å². The summed E-state index contributed by atoms with van der Waals surface area (Å²) < 4.78 is 29.0. The van der Waals surface area contributed by atoms with E-state index in [2.05, 4.69) is 44.8 Å². The van der Waals surface area contributed by atoms with Gasteiger partial charge in [-0.15, -0.1) is 24.0 Å². The highest BCUT2D eigenvalue weighted by atomic mass is 127. The Bertz CT molecular complexity index is 1020. The Hall–Kier alpha value is -1.69. The number of halogens is 1. The maximum atomic E-state index is 11.8. The first kappa shape index (κ1) is 26.6. The lowest BCUT2D eigenvalue weighted by molar-refractivity contribution is 0.0341. The van der Waals surface area contributed by atoms with Crippen LogP contribution in [0.15, 0.2) is 52.4 Å². The number of benzene rings is 2. The lowest BCUT2D eigenvalue weighted by atomic mass is 10.1. The fourth-order valence-electron chi connectivity index (χ4n) is 3.71. The van der Waals surface area contributed by atoms with Crippen molar-refractivity contribution < 1.29 is 13.2 Å². The van der Waals surface area contributed by atoms with Gasteiger partial charge in [0, 0.05) is 46.0 Å². The summed E-state index contributed by atoms with van der Waals surface area (Å²) in [5.41, 5.74) is 4.30. The van der Waals surface area contributed by atoms with Crippen LogP contribution >= 0.6 is 24.0 Å². The number of aryl methyl sites for hydroxylation is 1. The Morgan fingerprint density at radius 1 is 1.06 bits per heavy atom. The van der Waals surface area contributed by atoms with Crippen LogP contribution in [0.2, 0.25) is 0 Å². The summed E-state index contributed by atoms with van der Waals surface area (Å²) >= 11 is 0. The highest BCUT2D eigenvalue weighted by molar-refractivity contribution is 14.0. The Morgan fingerprint density at radius 2 is 1.72 bits per heavy atom. The molecule has 0 spiro atoms. The van der Waals surface area contributed by atoms with Gasteiger partial charge in [0.2, 0.25) is 0 Å². The lowest BCUT2D eigenvalue weighted by Crippen LogP contribution is -2.37. The number of rotatable bonds is 7. The summed E-state index contributed by atoms with van der Waals surface area (Å²) in [5.74, 6) is 0.700. The molecule has 0 unspecified atom stereocenters. The smallest absolute Gasteiger partial charge is 0.191 e. The number of sulfone groups is 1. The van der Waals surface area contributed by atoms with E-state index in [0.29, 0.717) is 23.9 Å². The SMILES string of the molecule is CN=C(NCc1ccc(S(C)(=O)=O)c(C)c1)NCc1ccccc1CN1CCOCC1.I. The van der Waals surface area contributed by atoms with Crippen LogP contribution < -0.4 is 10.6 Å². The van der Waals surface area contributed by atoms with Gasteiger partial charge in [0.1, 0.15) is 0 Å². The molecule has 0 saturated carbocycles. The Morgan fingerprint density at radius 3 is 2.34 bits per heavy atom. The van der Waals surface area contributed by atoms with Gasteiger partial charge in [0.05, 0.1) is 18.1 Å². The summed E-state index contributed by atoms with van der Waals surface area (Å²) in [5, 5.41) is 6.69. The zero-order valence-electron chi connectivity index (χ0n) is 18.9. The van der Waals surface area contributed by atoms with E-state index in [9.17, 15) is 8.42 Å². The van der Waals surface area contributed by atoms with Crippen LogP contribution in [0, 0.1) is 6.92 Å². The minimum absolute atomic E-state index is 0. The van der Waals surface area contributed by atoms with Crippen LogP contribution in [0.5, 0.6) is 0 Å². The molecule has 1 saturated heterocycles. The fraction of sp³-hybridized carbons (Fsp3) is 0.435. The second-order valence-corrected chi connectivity index (χ2v) is 9.79. The van der Waals surface area contributed by atoms with E-state index < -0.39 is 9.84 Å². The van der Waals surface area contributed by atoms with Gasteiger partial charge in [-0.25, -0.2) is 8.42 Å². The predicted octanol–water partition coefficient (Wildman–Crippen LogP) is 2.71. The summed E-state index contributed by atoms with van der Waals surface area (Å²) in [6, 6.07) is 13.9. The topological polar surface area (TPSA) is 83.0 Å². The number of hydrogen-bond donors (Lipinski definition) is 2. The highest BCUT2D eigenvalue weighted by Gasteiger charge is 2.13. The van der Waals surface area contributed by atoms with Crippen molar-refractivity contribution in [3.05, 3.63) is 64.7 Å². The molecule has 0 aliphatic carbocycles. The van der Waals surface area contributed by atoms with Crippen molar-refractivity contribution in [3.63, 3.8) is 0 Å². The number of nitrogens with zero attached hydrogens (tertiary/aromatic N) is 2. The maximum absolute atomic E-state index is 11.8. The summed E-state index contributed by atoms with van der Waals surface area (Å²) in [7, 11) is -1.46. The van der Waals surface area contributed by atoms with Crippen LogP contribution in [0.3, 0.4) is 0 Å². The highest BCUT2D eigenvalue weighted by Crippen LogP contribution is 2.17. The molecule has 176 valence electrons. The fourth-order valence-corrected chi connectivity index (χ4v) is 4.67. The quantitative estimate of drug-likeness (QED) is 0.302. The Labute approximate surface area is 208 Å². The number of hydrogen-bond acceptors (Lipinski definition) is 5. The van der Waals surface area contributed by atoms with Crippen molar-refractivity contribution >= 4 is 39.8 Å². The number of nitrogens with one attached hydrogen (secondary N) is 2. The van der Waals surface area contributed by atoms with Crippen LogP contribution in [-0.4, -0.2) is 58.9 Å². The van der Waals surface area contributed by atoms with Crippen molar-refractivity contribution in [2.45, 2.75) is 31.5 Å². The van der Waals surface area contributed by atoms with Gasteiger partial charge in [-0.3, -0.25) is 9.89 Å². The molecule has 1 fully saturated rings. The third-order valence-corrected chi connectivity index (χ3v) is 6.64. The van der Waals surface area contributed by atoms with E-state index in [4.69, 9.17) is 4.74 Å².